The van der Waals surface area contributed by atoms with E-state index in [1.807, 2.05) is 41.5 Å². The van der Waals surface area contributed by atoms with Crippen molar-refractivity contribution in [3.8, 4) is 0 Å². The van der Waals surface area contributed by atoms with Crippen molar-refractivity contribution in [3.05, 3.63) is 50.6 Å². The quantitative estimate of drug-likeness (QED) is 0.0306. The summed E-state index contributed by atoms with van der Waals surface area (Å²) in [5.74, 6) is -2.06. The Balaban J connectivity index is 6.80. The van der Waals surface area contributed by atoms with Crippen molar-refractivity contribution in [2.45, 2.75) is 118 Å². The van der Waals surface area contributed by atoms with Crippen molar-refractivity contribution in [2.75, 3.05) is 52.9 Å². The van der Waals surface area contributed by atoms with Crippen LogP contribution in [0.4, 0.5) is 0 Å². The number of rotatable bonds is 31. The van der Waals surface area contributed by atoms with Gasteiger partial charge in [-0.3, -0.25) is 0 Å². The molecule has 0 bridgehead atoms. The third-order valence-electron chi connectivity index (χ3n) is 10.1. The highest BCUT2D eigenvalue weighted by Gasteiger charge is 2.55. The zero-order chi connectivity index (χ0) is 41.6. The number of ether oxygens (including phenoxy) is 8. The summed E-state index contributed by atoms with van der Waals surface area (Å²) in [5.41, 5.74) is -2.10. The van der Waals surface area contributed by atoms with E-state index in [-0.39, 0.29) is 76.9 Å². The highest BCUT2D eigenvalue weighted by molar-refractivity contribution is 5.82. The van der Waals surface area contributed by atoms with Gasteiger partial charge in [0.1, 0.15) is 26.4 Å². The summed E-state index contributed by atoms with van der Waals surface area (Å²) < 4.78 is 45.8. The van der Waals surface area contributed by atoms with Crippen LogP contribution in [0, 0.1) is 22.7 Å². The summed E-state index contributed by atoms with van der Waals surface area (Å²) >= 11 is 0. The molecule has 12 heteroatoms. The average molecular weight is 767 g/mol. The Morgan fingerprint density at radius 1 is 0.537 bits per heavy atom. The number of hydrogen-bond acceptors (Lipinski definition) is 12. The van der Waals surface area contributed by atoms with E-state index in [9.17, 15) is 19.2 Å². The van der Waals surface area contributed by atoms with E-state index in [0.717, 1.165) is 24.3 Å². The molecular weight excluding hydrogens is 696 g/mol. The summed E-state index contributed by atoms with van der Waals surface area (Å²) in [6.45, 7) is 36.1. The molecule has 12 nitrogen and oxygen atoms in total. The van der Waals surface area contributed by atoms with Gasteiger partial charge in [0.05, 0.1) is 49.8 Å². The summed E-state index contributed by atoms with van der Waals surface area (Å²) in [4.78, 5) is 46.5. The molecule has 0 saturated carbocycles. The number of esters is 4. The third kappa shape index (κ3) is 18.8. The minimum Gasteiger partial charge on any atom is -0.460 e. The summed E-state index contributed by atoms with van der Waals surface area (Å²) in [6.07, 6.45) is 6.67. The molecule has 0 aliphatic carbocycles. The van der Waals surface area contributed by atoms with Gasteiger partial charge in [-0.15, -0.1) is 0 Å². The van der Waals surface area contributed by atoms with Crippen LogP contribution in [0.3, 0.4) is 0 Å². The van der Waals surface area contributed by atoms with Crippen LogP contribution in [-0.2, 0) is 57.1 Å². The van der Waals surface area contributed by atoms with Gasteiger partial charge in [0.15, 0.2) is 0 Å². The first kappa shape index (κ1) is 50.7. The Hall–Kier alpha value is -3.32. The normalized spacial score (nSPS) is 15.4. The van der Waals surface area contributed by atoms with Crippen LogP contribution in [0.25, 0.3) is 0 Å². The van der Waals surface area contributed by atoms with E-state index in [0.29, 0.717) is 25.7 Å². The van der Waals surface area contributed by atoms with Gasteiger partial charge in [-0.25, -0.2) is 19.2 Å². The predicted octanol–water partition coefficient (Wildman–Crippen LogP) is 7.15. The third-order valence-corrected chi connectivity index (χ3v) is 10.1. The topological polar surface area (TPSA) is 142 Å². The lowest BCUT2D eigenvalue weighted by Gasteiger charge is -2.58. The molecule has 5 unspecified atom stereocenters. The second-order valence-electron chi connectivity index (χ2n) is 15.5. The molecule has 0 N–H and O–H groups in total. The number of carbonyl (C=O) groups is 4. The molecule has 0 saturated heterocycles. The Bertz CT molecular complexity index is 1210. The van der Waals surface area contributed by atoms with E-state index < -0.39 is 45.9 Å². The van der Waals surface area contributed by atoms with E-state index in [1.165, 1.54) is 0 Å². The molecule has 0 heterocycles. The van der Waals surface area contributed by atoms with Crippen molar-refractivity contribution >= 4 is 23.9 Å². The van der Waals surface area contributed by atoms with Gasteiger partial charge in [0.2, 0.25) is 0 Å². The zero-order valence-electron chi connectivity index (χ0n) is 34.8. The highest BCUT2D eigenvalue weighted by atomic mass is 16.6. The minimum atomic E-state index is -0.629. The average Bonchev–Trinajstić information content (AvgIpc) is 3.10. The first-order chi connectivity index (χ1) is 25.1. The predicted molar refractivity (Wildman–Crippen MR) is 209 cm³/mol. The number of carbonyl (C=O) groups excluding carboxylic acids is 4. The van der Waals surface area contributed by atoms with Gasteiger partial charge in [-0.1, -0.05) is 54.0 Å². The van der Waals surface area contributed by atoms with Gasteiger partial charge >= 0.3 is 23.9 Å². The minimum absolute atomic E-state index is 0.0339. The molecule has 0 radical (unpaired) electrons. The maximum Gasteiger partial charge on any atom is 0.330 e. The first-order valence-electron chi connectivity index (χ1n) is 18.8. The molecule has 0 rings (SSSR count). The molecule has 0 spiro atoms. The lowest BCUT2D eigenvalue weighted by Crippen LogP contribution is -2.55. The lowest BCUT2D eigenvalue weighted by molar-refractivity contribution is -0.165. The molecule has 0 aromatic heterocycles. The fourth-order valence-electron chi connectivity index (χ4n) is 7.67. The van der Waals surface area contributed by atoms with Gasteiger partial charge < -0.3 is 37.9 Å². The molecule has 0 amide bonds. The molecule has 0 aromatic rings. The summed E-state index contributed by atoms with van der Waals surface area (Å²) in [6, 6.07) is 0. The monoisotopic (exact) mass is 766 g/mol. The van der Waals surface area contributed by atoms with E-state index in [4.69, 9.17) is 37.9 Å². The molecule has 0 aliphatic heterocycles. The van der Waals surface area contributed by atoms with Crippen molar-refractivity contribution in [1.29, 1.82) is 0 Å². The van der Waals surface area contributed by atoms with Gasteiger partial charge in [-0.2, -0.15) is 0 Å². The maximum absolute atomic E-state index is 11.7. The summed E-state index contributed by atoms with van der Waals surface area (Å²) in [5, 5.41) is 0. The van der Waals surface area contributed by atoms with E-state index in [2.05, 4.69) is 54.0 Å². The van der Waals surface area contributed by atoms with Crippen molar-refractivity contribution in [3.63, 3.8) is 0 Å². The number of hydrogen-bond donors (Lipinski definition) is 0. The maximum atomic E-state index is 11.7. The standard InChI is InChI=1S/C42H70O12/c1-15-35(43)49-23-21-47-32(6)29-31(5)42(33(7)34(8)48-22-24-50-36(44)16-2,20-19-40(11,12)53-27-25-51-37(45)17-3)39(9,10)30-41(13,14)54-28-26-52-38(46)18-4/h15-18,31-34H,1-4,19-30H2,5-14H3. The van der Waals surface area contributed by atoms with Crippen LogP contribution in [0.15, 0.2) is 50.6 Å². The van der Waals surface area contributed by atoms with Gasteiger partial charge in [0.25, 0.3) is 0 Å². The van der Waals surface area contributed by atoms with Crippen LogP contribution in [-0.4, -0.2) is 100 Å². The van der Waals surface area contributed by atoms with Gasteiger partial charge in [0, 0.05) is 24.3 Å². The van der Waals surface area contributed by atoms with Crippen LogP contribution in [0.2, 0.25) is 0 Å². The van der Waals surface area contributed by atoms with Crippen molar-refractivity contribution in [2.24, 2.45) is 22.7 Å². The van der Waals surface area contributed by atoms with E-state index >= 15 is 0 Å². The van der Waals surface area contributed by atoms with Crippen LogP contribution in [0.5, 0.6) is 0 Å². The Morgan fingerprint density at radius 3 is 1.35 bits per heavy atom. The molecule has 0 aliphatic rings. The molecule has 0 fully saturated rings. The molecule has 0 aromatic carbocycles. The Kier molecular flexibility index (Phi) is 23.4. The highest BCUT2D eigenvalue weighted by Crippen LogP contribution is 2.60. The van der Waals surface area contributed by atoms with Gasteiger partial charge in [-0.05, 0) is 89.9 Å². The van der Waals surface area contributed by atoms with Crippen LogP contribution >= 0.6 is 0 Å². The lowest BCUT2D eigenvalue weighted by atomic mass is 9.48. The largest absolute Gasteiger partial charge is 0.460 e. The Morgan fingerprint density at radius 2 is 0.926 bits per heavy atom. The molecule has 5 atom stereocenters. The first-order valence-corrected chi connectivity index (χ1v) is 18.8. The fourth-order valence-corrected chi connectivity index (χ4v) is 7.67. The molecular formula is C42H70O12. The molecule has 54 heavy (non-hydrogen) atoms. The zero-order valence-corrected chi connectivity index (χ0v) is 34.8. The summed E-state index contributed by atoms with van der Waals surface area (Å²) in [7, 11) is 0. The smallest absolute Gasteiger partial charge is 0.330 e. The SMILES string of the molecule is C=CC(=O)OCCOC(C)CC(C)C(CCC(C)(C)OCCOC(=O)C=C)(C(C)C(C)OCCOC(=O)C=C)C(C)(C)CC(C)(C)OCCOC(=O)C=C. The van der Waals surface area contributed by atoms with Crippen LogP contribution < -0.4 is 0 Å². The Labute approximate surface area is 324 Å². The van der Waals surface area contributed by atoms with Crippen molar-refractivity contribution < 1.29 is 57.1 Å². The van der Waals surface area contributed by atoms with Crippen LogP contribution in [0.1, 0.15) is 94.9 Å². The second kappa shape index (κ2) is 25.0. The van der Waals surface area contributed by atoms with E-state index in [1.54, 1.807) is 0 Å². The molecule has 310 valence electrons. The fraction of sp³-hybridized carbons (Fsp3) is 0.714. The van der Waals surface area contributed by atoms with Crippen molar-refractivity contribution in [1.82, 2.24) is 0 Å². The second-order valence-corrected chi connectivity index (χ2v) is 15.5.